The lowest BCUT2D eigenvalue weighted by Crippen LogP contribution is -2.29. The largest absolute Gasteiger partial charge is 0.314 e. The lowest BCUT2D eigenvalue weighted by molar-refractivity contribution is 0.498. The summed E-state index contributed by atoms with van der Waals surface area (Å²) in [5, 5.41) is 12.9. The third-order valence-electron chi connectivity index (χ3n) is 3.48. The highest BCUT2D eigenvalue weighted by molar-refractivity contribution is 8.06. The highest BCUT2D eigenvalue weighted by Gasteiger charge is 2.17. The first-order valence-electron chi connectivity index (χ1n) is 6.74. The van der Waals surface area contributed by atoms with Crippen LogP contribution in [0, 0.1) is 0 Å². The molecule has 0 saturated carbocycles. The van der Waals surface area contributed by atoms with Crippen molar-refractivity contribution >= 4 is 23.5 Å². The van der Waals surface area contributed by atoms with E-state index in [0.717, 1.165) is 37.1 Å². The van der Waals surface area contributed by atoms with Crippen LogP contribution in [-0.4, -0.2) is 43.8 Å². The number of fused-ring (bicyclic) bond motifs is 1. The molecule has 2 aliphatic rings. The molecule has 3 rings (SSSR count). The zero-order valence-electron chi connectivity index (χ0n) is 10.6. The standard InChI is InChI=1S/C12H20N4S2/c1-2-4-16-11(3-1)14-15-12(16)8-13-7-10-9-17-5-6-18-10/h10,13H,1-9H2. The fraction of sp³-hybridized carbons (Fsp3) is 0.833. The number of nitrogens with one attached hydrogen (secondary N) is 1. The molecule has 2 aliphatic heterocycles. The fourth-order valence-electron chi connectivity index (χ4n) is 2.50. The minimum absolute atomic E-state index is 0.771. The summed E-state index contributed by atoms with van der Waals surface area (Å²) in [6.45, 7) is 3.07. The van der Waals surface area contributed by atoms with E-state index in [1.54, 1.807) is 0 Å². The minimum Gasteiger partial charge on any atom is -0.314 e. The second kappa shape index (κ2) is 6.30. The summed E-state index contributed by atoms with van der Waals surface area (Å²) in [6.07, 6.45) is 3.64. The quantitative estimate of drug-likeness (QED) is 0.909. The number of hydrogen-bond donors (Lipinski definition) is 1. The van der Waals surface area contributed by atoms with Crippen LogP contribution in [0.4, 0.5) is 0 Å². The van der Waals surface area contributed by atoms with Gasteiger partial charge in [0, 0.05) is 42.0 Å². The summed E-state index contributed by atoms with van der Waals surface area (Å²) in [5.41, 5.74) is 0. The molecule has 1 aromatic heterocycles. The molecule has 6 heteroatoms. The molecule has 100 valence electrons. The molecular formula is C12H20N4S2. The average Bonchev–Trinajstić information content (AvgIpc) is 2.84. The van der Waals surface area contributed by atoms with Gasteiger partial charge >= 0.3 is 0 Å². The van der Waals surface area contributed by atoms with Crippen molar-refractivity contribution in [2.24, 2.45) is 0 Å². The molecule has 0 aromatic carbocycles. The third kappa shape index (κ3) is 3.03. The minimum atomic E-state index is 0.771. The first kappa shape index (κ1) is 12.8. The van der Waals surface area contributed by atoms with Gasteiger partial charge in [0.2, 0.25) is 0 Å². The zero-order chi connectivity index (χ0) is 12.2. The Hall–Kier alpha value is -0.200. The maximum absolute atomic E-state index is 4.32. The Bertz CT molecular complexity index is 387. The van der Waals surface area contributed by atoms with Crippen LogP contribution in [0.5, 0.6) is 0 Å². The topological polar surface area (TPSA) is 42.7 Å². The van der Waals surface area contributed by atoms with Gasteiger partial charge in [-0.3, -0.25) is 0 Å². The highest BCUT2D eigenvalue weighted by atomic mass is 32.2. The van der Waals surface area contributed by atoms with Gasteiger partial charge in [0.1, 0.15) is 11.6 Å². The van der Waals surface area contributed by atoms with Gasteiger partial charge < -0.3 is 9.88 Å². The second-order valence-corrected chi connectivity index (χ2v) is 7.40. The van der Waals surface area contributed by atoms with Crippen molar-refractivity contribution < 1.29 is 0 Å². The lowest BCUT2D eigenvalue weighted by Gasteiger charge is -2.21. The van der Waals surface area contributed by atoms with Gasteiger partial charge in [0.15, 0.2) is 0 Å². The van der Waals surface area contributed by atoms with Crippen LogP contribution >= 0.6 is 23.5 Å². The van der Waals surface area contributed by atoms with Crippen LogP contribution < -0.4 is 5.32 Å². The van der Waals surface area contributed by atoms with E-state index in [4.69, 9.17) is 0 Å². The van der Waals surface area contributed by atoms with E-state index in [1.165, 1.54) is 35.9 Å². The van der Waals surface area contributed by atoms with E-state index >= 15 is 0 Å². The van der Waals surface area contributed by atoms with Crippen LogP contribution in [0.15, 0.2) is 0 Å². The van der Waals surface area contributed by atoms with Crippen molar-refractivity contribution in [3.05, 3.63) is 11.6 Å². The van der Waals surface area contributed by atoms with Crippen LogP contribution in [0.1, 0.15) is 24.5 Å². The van der Waals surface area contributed by atoms with Gasteiger partial charge in [-0.25, -0.2) is 0 Å². The number of nitrogens with zero attached hydrogens (tertiary/aromatic N) is 3. The number of hydrogen-bond acceptors (Lipinski definition) is 5. The molecular weight excluding hydrogens is 264 g/mol. The average molecular weight is 284 g/mol. The predicted molar refractivity (Wildman–Crippen MR) is 78.2 cm³/mol. The molecule has 3 heterocycles. The number of thioether (sulfide) groups is 2. The Morgan fingerprint density at radius 1 is 1.28 bits per heavy atom. The van der Waals surface area contributed by atoms with Crippen LogP contribution in [-0.2, 0) is 19.5 Å². The molecule has 1 N–H and O–H groups in total. The molecule has 0 amide bonds. The van der Waals surface area contributed by atoms with E-state index in [-0.39, 0.29) is 0 Å². The normalized spacial score (nSPS) is 23.9. The van der Waals surface area contributed by atoms with Gasteiger partial charge in [0.25, 0.3) is 0 Å². The fourth-order valence-corrected chi connectivity index (χ4v) is 5.14. The highest BCUT2D eigenvalue weighted by Crippen LogP contribution is 2.23. The molecule has 1 aromatic rings. The van der Waals surface area contributed by atoms with Gasteiger partial charge in [-0.15, -0.1) is 10.2 Å². The Labute approximate surface area is 117 Å². The first-order valence-corrected chi connectivity index (χ1v) is 8.95. The Morgan fingerprint density at radius 2 is 2.28 bits per heavy atom. The summed E-state index contributed by atoms with van der Waals surface area (Å²) in [7, 11) is 0. The van der Waals surface area contributed by atoms with Crippen molar-refractivity contribution in [1.29, 1.82) is 0 Å². The molecule has 0 bridgehead atoms. The molecule has 1 atom stereocenters. The molecule has 0 spiro atoms. The van der Waals surface area contributed by atoms with Crippen molar-refractivity contribution in [1.82, 2.24) is 20.1 Å². The molecule has 0 radical (unpaired) electrons. The molecule has 1 unspecified atom stereocenters. The maximum atomic E-state index is 4.32. The van der Waals surface area contributed by atoms with Crippen molar-refractivity contribution in [2.45, 2.75) is 37.6 Å². The summed E-state index contributed by atoms with van der Waals surface area (Å²) in [5.74, 6) is 6.21. The van der Waals surface area contributed by atoms with Crippen LogP contribution in [0.25, 0.3) is 0 Å². The molecule has 1 saturated heterocycles. The summed E-state index contributed by atoms with van der Waals surface area (Å²) in [6, 6.07) is 0. The molecule has 18 heavy (non-hydrogen) atoms. The number of aryl methyl sites for hydroxylation is 1. The monoisotopic (exact) mass is 284 g/mol. The first-order chi connectivity index (χ1) is 8.93. The molecule has 0 aliphatic carbocycles. The SMILES string of the molecule is C1CCn2c(nnc2CNCC2CSCCS2)C1. The molecule has 1 fully saturated rings. The molecule has 4 nitrogen and oxygen atoms in total. The van der Waals surface area contributed by atoms with Gasteiger partial charge in [-0.2, -0.15) is 23.5 Å². The smallest absolute Gasteiger partial charge is 0.147 e. The summed E-state index contributed by atoms with van der Waals surface area (Å²) >= 11 is 4.18. The van der Waals surface area contributed by atoms with Crippen LogP contribution in [0.2, 0.25) is 0 Å². The van der Waals surface area contributed by atoms with Gasteiger partial charge in [-0.1, -0.05) is 0 Å². The number of rotatable bonds is 4. The zero-order valence-corrected chi connectivity index (χ0v) is 12.2. The lowest BCUT2D eigenvalue weighted by atomic mass is 10.2. The van der Waals surface area contributed by atoms with Gasteiger partial charge in [-0.05, 0) is 12.8 Å². The van der Waals surface area contributed by atoms with E-state index in [1.807, 2.05) is 0 Å². The summed E-state index contributed by atoms with van der Waals surface area (Å²) < 4.78 is 2.30. The van der Waals surface area contributed by atoms with E-state index in [0.29, 0.717) is 0 Å². The van der Waals surface area contributed by atoms with E-state index in [9.17, 15) is 0 Å². The Morgan fingerprint density at radius 3 is 3.17 bits per heavy atom. The second-order valence-electron chi connectivity index (χ2n) is 4.84. The van der Waals surface area contributed by atoms with Crippen molar-refractivity contribution in [3.8, 4) is 0 Å². The predicted octanol–water partition coefficient (Wildman–Crippen LogP) is 1.55. The Balaban J connectivity index is 1.49. The van der Waals surface area contributed by atoms with E-state index in [2.05, 4.69) is 43.6 Å². The van der Waals surface area contributed by atoms with E-state index < -0.39 is 0 Å². The van der Waals surface area contributed by atoms with Gasteiger partial charge in [0.05, 0.1) is 6.54 Å². The summed E-state index contributed by atoms with van der Waals surface area (Å²) in [4.78, 5) is 0. The third-order valence-corrected chi connectivity index (χ3v) is 6.32. The number of aromatic nitrogens is 3. The van der Waals surface area contributed by atoms with Crippen molar-refractivity contribution in [2.75, 3.05) is 23.8 Å². The van der Waals surface area contributed by atoms with Crippen LogP contribution in [0.3, 0.4) is 0 Å². The maximum Gasteiger partial charge on any atom is 0.147 e. The van der Waals surface area contributed by atoms with Crippen molar-refractivity contribution in [3.63, 3.8) is 0 Å². The Kier molecular flexibility index (Phi) is 4.49.